The minimum absolute atomic E-state index is 0.118. The summed E-state index contributed by atoms with van der Waals surface area (Å²) < 4.78 is 31.0. The molecule has 0 aromatic heterocycles. The first-order chi connectivity index (χ1) is 9.60. The molecule has 1 heterocycles. The Morgan fingerprint density at radius 1 is 1.19 bits per heavy atom. The minimum atomic E-state index is -0.848. The van der Waals surface area contributed by atoms with Gasteiger partial charge in [0.2, 0.25) is 0 Å². The third-order valence-electron chi connectivity index (χ3n) is 4.29. The molecule has 0 N–H and O–H groups in total. The molecule has 0 saturated carbocycles. The van der Waals surface area contributed by atoms with E-state index < -0.39 is 30.1 Å². The molecular weight excluding hydrogens is 274 g/mol. The Hall–Kier alpha value is -1.40. The summed E-state index contributed by atoms with van der Waals surface area (Å²) in [6, 6.07) is 3.07. The predicted octanol–water partition coefficient (Wildman–Crippen LogP) is 2.22. The van der Waals surface area contributed by atoms with E-state index in [0.717, 1.165) is 0 Å². The number of ether oxygens (including phenoxy) is 1. The topological polar surface area (TPSA) is 44.8 Å². The highest BCUT2D eigenvalue weighted by Crippen LogP contribution is 2.37. The lowest BCUT2D eigenvalue weighted by Crippen LogP contribution is -2.41. The van der Waals surface area contributed by atoms with Crippen molar-refractivity contribution in [1.82, 2.24) is 0 Å². The van der Waals surface area contributed by atoms with Crippen LogP contribution < -0.4 is 5.46 Å². The van der Waals surface area contributed by atoms with Crippen molar-refractivity contribution in [2.45, 2.75) is 45.8 Å². The van der Waals surface area contributed by atoms with Crippen LogP contribution in [-0.4, -0.2) is 31.4 Å². The van der Waals surface area contributed by atoms with Gasteiger partial charge in [-0.1, -0.05) is 6.07 Å². The van der Waals surface area contributed by atoms with Crippen LogP contribution in [0.25, 0.3) is 0 Å². The Morgan fingerprint density at radius 3 is 2.19 bits per heavy atom. The molecule has 0 amide bonds. The summed E-state index contributed by atoms with van der Waals surface area (Å²) in [5.41, 5.74) is -0.349. The fraction of sp³-hybridized carbons (Fsp3) is 0.533. The van der Waals surface area contributed by atoms with E-state index >= 15 is 0 Å². The number of esters is 1. The van der Waals surface area contributed by atoms with Gasteiger partial charge in [0.25, 0.3) is 0 Å². The van der Waals surface area contributed by atoms with Crippen LogP contribution in [0.3, 0.4) is 0 Å². The molecule has 0 bridgehead atoms. The fourth-order valence-electron chi connectivity index (χ4n) is 2.21. The predicted molar refractivity (Wildman–Crippen MR) is 78.2 cm³/mol. The van der Waals surface area contributed by atoms with Crippen LogP contribution in [0.4, 0.5) is 4.39 Å². The normalized spacial score (nSPS) is 19.7. The number of aryl methyl sites for hydroxylation is 1. The summed E-state index contributed by atoms with van der Waals surface area (Å²) in [6.07, 6.45) is 0. The molecule has 0 unspecified atom stereocenters. The Labute approximate surface area is 124 Å². The third kappa shape index (κ3) is 2.58. The van der Waals surface area contributed by atoms with Gasteiger partial charge < -0.3 is 14.0 Å². The molecule has 1 fully saturated rings. The van der Waals surface area contributed by atoms with Crippen molar-refractivity contribution in [3.63, 3.8) is 0 Å². The van der Waals surface area contributed by atoms with Gasteiger partial charge in [-0.3, -0.25) is 0 Å². The average Bonchev–Trinajstić information content (AvgIpc) is 2.57. The molecule has 0 aliphatic carbocycles. The zero-order chi connectivity index (χ0) is 16.0. The molecule has 6 heteroatoms. The minimum Gasteiger partial charge on any atom is -0.465 e. The lowest BCUT2D eigenvalue weighted by atomic mass is 9.75. The Balaban J connectivity index is 2.48. The quantitative estimate of drug-likeness (QED) is 0.620. The molecule has 1 aromatic carbocycles. The molecule has 114 valence electrons. The fourth-order valence-corrected chi connectivity index (χ4v) is 2.21. The van der Waals surface area contributed by atoms with Crippen LogP contribution in [0.5, 0.6) is 0 Å². The maximum absolute atomic E-state index is 14.7. The van der Waals surface area contributed by atoms with E-state index in [4.69, 9.17) is 9.31 Å². The first-order valence-corrected chi connectivity index (χ1v) is 6.83. The molecule has 0 radical (unpaired) electrons. The number of hydrogen-bond acceptors (Lipinski definition) is 4. The van der Waals surface area contributed by atoms with Gasteiger partial charge in [-0.25, -0.2) is 9.18 Å². The smallest absolute Gasteiger partial charge is 0.465 e. The molecule has 21 heavy (non-hydrogen) atoms. The maximum Gasteiger partial charge on any atom is 0.498 e. The van der Waals surface area contributed by atoms with Crippen molar-refractivity contribution in [2.24, 2.45) is 0 Å². The van der Waals surface area contributed by atoms with Crippen LogP contribution >= 0.6 is 0 Å². The Bertz CT molecular complexity index is 567. The molecule has 1 aliphatic rings. The van der Waals surface area contributed by atoms with E-state index in [1.54, 1.807) is 13.0 Å². The highest BCUT2D eigenvalue weighted by Gasteiger charge is 2.53. The van der Waals surface area contributed by atoms with Crippen molar-refractivity contribution < 1.29 is 23.2 Å². The maximum atomic E-state index is 14.7. The van der Waals surface area contributed by atoms with Crippen molar-refractivity contribution in [1.29, 1.82) is 0 Å². The second-order valence-electron chi connectivity index (χ2n) is 6.24. The summed E-state index contributed by atoms with van der Waals surface area (Å²) in [5.74, 6) is -1.37. The number of carbonyl (C=O) groups excluding carboxylic acids is 1. The lowest BCUT2D eigenvalue weighted by Gasteiger charge is -2.32. The highest BCUT2D eigenvalue weighted by atomic mass is 19.1. The van der Waals surface area contributed by atoms with Gasteiger partial charge in [-0.05, 0) is 46.2 Å². The second kappa shape index (κ2) is 5.11. The van der Waals surface area contributed by atoms with Crippen LogP contribution in [0.1, 0.15) is 43.6 Å². The summed E-state index contributed by atoms with van der Waals surface area (Å²) >= 11 is 0. The number of halogens is 1. The number of hydrogen-bond donors (Lipinski definition) is 0. The number of methoxy groups -OCH3 is 1. The number of benzene rings is 1. The highest BCUT2D eigenvalue weighted by molar-refractivity contribution is 6.62. The largest absolute Gasteiger partial charge is 0.498 e. The molecular formula is C15H20BFO4. The molecule has 4 nitrogen and oxygen atoms in total. The summed E-state index contributed by atoms with van der Waals surface area (Å²) in [4.78, 5) is 11.6. The zero-order valence-electron chi connectivity index (χ0n) is 13.2. The van der Waals surface area contributed by atoms with Gasteiger partial charge >= 0.3 is 13.1 Å². The van der Waals surface area contributed by atoms with Crippen LogP contribution in [0, 0.1) is 12.7 Å². The van der Waals surface area contributed by atoms with E-state index in [1.165, 1.54) is 13.2 Å². The second-order valence-corrected chi connectivity index (χ2v) is 6.24. The van der Waals surface area contributed by atoms with Gasteiger partial charge in [0.05, 0.1) is 23.9 Å². The van der Waals surface area contributed by atoms with Gasteiger partial charge in [-0.15, -0.1) is 0 Å². The number of carbonyl (C=O) groups is 1. The van der Waals surface area contributed by atoms with Crippen molar-refractivity contribution in [2.75, 3.05) is 7.11 Å². The van der Waals surface area contributed by atoms with E-state index in [1.807, 2.05) is 27.7 Å². The van der Waals surface area contributed by atoms with Gasteiger partial charge in [-0.2, -0.15) is 0 Å². The van der Waals surface area contributed by atoms with Gasteiger partial charge in [0.15, 0.2) is 0 Å². The van der Waals surface area contributed by atoms with E-state index in [-0.39, 0.29) is 11.0 Å². The van der Waals surface area contributed by atoms with Gasteiger partial charge in [0, 0.05) is 5.46 Å². The Morgan fingerprint density at radius 2 is 1.71 bits per heavy atom. The summed E-state index contributed by atoms with van der Waals surface area (Å²) in [5, 5.41) is 0. The lowest BCUT2D eigenvalue weighted by molar-refractivity contribution is 0.00578. The third-order valence-corrected chi connectivity index (χ3v) is 4.29. The van der Waals surface area contributed by atoms with Crippen LogP contribution in [-0.2, 0) is 14.0 Å². The summed E-state index contributed by atoms with van der Waals surface area (Å²) in [7, 11) is 0.371. The van der Waals surface area contributed by atoms with Crippen molar-refractivity contribution >= 4 is 18.6 Å². The standard InChI is InChI=1S/C15H20BFO4/c1-9-7-8-10(13(18)19-6)12(17)11(9)16-20-14(2,3)15(4,5)21-16/h7-8H,1-6H3. The van der Waals surface area contributed by atoms with E-state index in [0.29, 0.717) is 5.56 Å². The van der Waals surface area contributed by atoms with Gasteiger partial charge in [0.1, 0.15) is 5.82 Å². The van der Waals surface area contributed by atoms with E-state index in [2.05, 4.69) is 4.74 Å². The van der Waals surface area contributed by atoms with E-state index in [9.17, 15) is 9.18 Å². The Kier molecular flexibility index (Phi) is 3.89. The van der Waals surface area contributed by atoms with Crippen molar-refractivity contribution in [3.8, 4) is 0 Å². The molecule has 0 atom stereocenters. The molecule has 2 rings (SSSR count). The summed E-state index contributed by atoms with van der Waals surface area (Å²) in [6.45, 7) is 9.33. The zero-order valence-corrected chi connectivity index (χ0v) is 13.2. The molecule has 1 saturated heterocycles. The number of rotatable bonds is 2. The monoisotopic (exact) mass is 294 g/mol. The van der Waals surface area contributed by atoms with Crippen LogP contribution in [0.2, 0.25) is 0 Å². The average molecular weight is 294 g/mol. The first-order valence-electron chi connectivity index (χ1n) is 6.83. The molecule has 1 aromatic rings. The van der Waals surface area contributed by atoms with Crippen LogP contribution in [0.15, 0.2) is 12.1 Å². The van der Waals surface area contributed by atoms with Crippen molar-refractivity contribution in [3.05, 3.63) is 29.1 Å². The first kappa shape index (κ1) is 16.0. The molecule has 1 aliphatic heterocycles. The molecule has 0 spiro atoms. The SMILES string of the molecule is COC(=O)c1ccc(C)c(B2OC(C)(C)C(C)(C)O2)c1F.